The van der Waals surface area contributed by atoms with Gasteiger partial charge in [0.05, 0.1) is 5.56 Å². The first kappa shape index (κ1) is 13.5. The number of amidine groups is 1. The van der Waals surface area contributed by atoms with Gasteiger partial charge in [-0.1, -0.05) is 12.1 Å². The molecule has 2 aromatic rings. The Hall–Kier alpha value is -1.94. The number of benzene rings is 2. The molecule has 2 rings (SSSR count). The van der Waals surface area contributed by atoms with Crippen LogP contribution in [-0.2, 0) is 0 Å². The minimum Gasteiger partial charge on any atom is -0.456 e. The summed E-state index contributed by atoms with van der Waals surface area (Å²) in [7, 11) is 0. The number of hydrogen-bond acceptors (Lipinski definition) is 3. The second-order valence-electron chi connectivity index (χ2n) is 4.14. The van der Waals surface area contributed by atoms with E-state index < -0.39 is 0 Å². The summed E-state index contributed by atoms with van der Waals surface area (Å²) in [4.78, 5) is 1.18. The molecule has 2 aromatic carbocycles. The number of para-hydroxylation sites is 1. The molecule has 0 aliphatic carbocycles. The molecular formula is C15H16N2OS. The number of nitrogens with one attached hydrogen (secondary N) is 1. The van der Waals surface area contributed by atoms with Gasteiger partial charge in [0, 0.05) is 4.90 Å². The van der Waals surface area contributed by atoms with Crippen LogP contribution >= 0.6 is 11.8 Å². The van der Waals surface area contributed by atoms with Crippen molar-refractivity contribution in [1.82, 2.24) is 0 Å². The Kier molecular flexibility index (Phi) is 4.12. The van der Waals surface area contributed by atoms with Crippen molar-refractivity contribution in [3.8, 4) is 11.5 Å². The lowest BCUT2D eigenvalue weighted by molar-refractivity contribution is 0.477. The van der Waals surface area contributed by atoms with E-state index >= 15 is 0 Å². The second kappa shape index (κ2) is 5.80. The van der Waals surface area contributed by atoms with Gasteiger partial charge in [-0.25, -0.2) is 0 Å². The fourth-order valence-electron chi connectivity index (χ4n) is 1.76. The van der Waals surface area contributed by atoms with Gasteiger partial charge in [0.1, 0.15) is 17.3 Å². The molecule has 0 heterocycles. The zero-order chi connectivity index (χ0) is 13.8. The normalized spacial score (nSPS) is 10.2. The van der Waals surface area contributed by atoms with Crippen molar-refractivity contribution in [3.63, 3.8) is 0 Å². The first-order chi connectivity index (χ1) is 9.11. The van der Waals surface area contributed by atoms with Crippen LogP contribution in [0.4, 0.5) is 0 Å². The Balaban J connectivity index is 2.34. The maximum atomic E-state index is 7.60. The van der Waals surface area contributed by atoms with E-state index in [1.165, 1.54) is 4.90 Å². The van der Waals surface area contributed by atoms with E-state index in [1.807, 2.05) is 49.6 Å². The molecule has 0 saturated carbocycles. The van der Waals surface area contributed by atoms with E-state index in [0.717, 1.165) is 11.3 Å². The van der Waals surface area contributed by atoms with E-state index in [1.54, 1.807) is 17.8 Å². The summed E-state index contributed by atoms with van der Waals surface area (Å²) in [5, 5.41) is 7.60. The predicted octanol–water partition coefficient (Wildman–Crippen LogP) is 3.79. The van der Waals surface area contributed by atoms with Crippen LogP contribution in [0, 0.1) is 12.3 Å². The highest BCUT2D eigenvalue weighted by Gasteiger charge is 2.10. The van der Waals surface area contributed by atoms with Crippen molar-refractivity contribution in [1.29, 1.82) is 5.41 Å². The average Bonchev–Trinajstić information content (AvgIpc) is 2.41. The Labute approximate surface area is 117 Å². The van der Waals surface area contributed by atoms with Gasteiger partial charge in [-0.2, -0.15) is 0 Å². The molecule has 3 N–H and O–H groups in total. The standard InChI is InChI=1S/C15H16N2OS/c1-10-4-3-5-13(15(16)17)14(10)18-11-6-8-12(19-2)9-7-11/h3-9H,1-2H3,(H3,16,17). The van der Waals surface area contributed by atoms with E-state index in [-0.39, 0.29) is 5.84 Å². The Morgan fingerprint density at radius 1 is 1.16 bits per heavy atom. The summed E-state index contributed by atoms with van der Waals surface area (Å²) < 4.78 is 5.87. The van der Waals surface area contributed by atoms with Crippen LogP contribution in [0.2, 0.25) is 0 Å². The summed E-state index contributed by atoms with van der Waals surface area (Å²) in [5.41, 5.74) is 7.16. The smallest absolute Gasteiger partial charge is 0.141 e. The summed E-state index contributed by atoms with van der Waals surface area (Å²) in [6.45, 7) is 1.94. The third-order valence-electron chi connectivity index (χ3n) is 2.78. The Morgan fingerprint density at radius 3 is 2.42 bits per heavy atom. The molecular weight excluding hydrogens is 256 g/mol. The van der Waals surface area contributed by atoms with Gasteiger partial charge in [-0.3, -0.25) is 5.41 Å². The number of rotatable bonds is 4. The topological polar surface area (TPSA) is 59.1 Å². The fourth-order valence-corrected chi connectivity index (χ4v) is 2.17. The number of hydrogen-bond donors (Lipinski definition) is 2. The SMILES string of the molecule is CSc1ccc(Oc2c(C)cccc2C(=N)N)cc1. The van der Waals surface area contributed by atoms with Crippen LogP contribution < -0.4 is 10.5 Å². The third-order valence-corrected chi connectivity index (χ3v) is 3.52. The highest BCUT2D eigenvalue weighted by atomic mass is 32.2. The molecule has 0 unspecified atom stereocenters. The number of aryl methyl sites for hydroxylation is 1. The highest BCUT2D eigenvalue weighted by molar-refractivity contribution is 7.98. The largest absolute Gasteiger partial charge is 0.456 e. The molecule has 98 valence electrons. The van der Waals surface area contributed by atoms with Crippen LogP contribution in [0.1, 0.15) is 11.1 Å². The average molecular weight is 272 g/mol. The molecule has 3 nitrogen and oxygen atoms in total. The van der Waals surface area contributed by atoms with Gasteiger partial charge in [-0.05, 0) is 49.1 Å². The van der Waals surface area contributed by atoms with Crippen molar-refractivity contribution in [2.45, 2.75) is 11.8 Å². The Morgan fingerprint density at radius 2 is 1.84 bits per heavy atom. The molecule has 0 spiro atoms. The zero-order valence-electron chi connectivity index (χ0n) is 10.9. The predicted molar refractivity (Wildman–Crippen MR) is 80.5 cm³/mol. The van der Waals surface area contributed by atoms with Crippen molar-refractivity contribution >= 4 is 17.6 Å². The van der Waals surface area contributed by atoms with E-state index in [0.29, 0.717) is 11.3 Å². The third kappa shape index (κ3) is 3.09. The number of nitrogen functional groups attached to an aromatic ring is 1. The molecule has 19 heavy (non-hydrogen) atoms. The molecule has 0 aromatic heterocycles. The molecule has 0 fully saturated rings. The van der Waals surface area contributed by atoms with Crippen LogP contribution in [0.25, 0.3) is 0 Å². The van der Waals surface area contributed by atoms with Crippen LogP contribution in [0.5, 0.6) is 11.5 Å². The first-order valence-electron chi connectivity index (χ1n) is 5.87. The quantitative estimate of drug-likeness (QED) is 0.505. The zero-order valence-corrected chi connectivity index (χ0v) is 11.8. The van der Waals surface area contributed by atoms with Crippen molar-refractivity contribution in [3.05, 3.63) is 53.6 Å². The minimum atomic E-state index is 0.0134. The summed E-state index contributed by atoms with van der Waals surface area (Å²) in [6, 6.07) is 13.5. The van der Waals surface area contributed by atoms with Crippen LogP contribution in [0.3, 0.4) is 0 Å². The molecule has 0 radical (unpaired) electrons. The van der Waals surface area contributed by atoms with Gasteiger partial charge < -0.3 is 10.5 Å². The second-order valence-corrected chi connectivity index (χ2v) is 5.02. The van der Waals surface area contributed by atoms with E-state index in [4.69, 9.17) is 15.9 Å². The maximum Gasteiger partial charge on any atom is 0.141 e. The molecule has 0 amide bonds. The molecule has 0 saturated heterocycles. The van der Waals surface area contributed by atoms with Crippen LogP contribution in [0.15, 0.2) is 47.4 Å². The molecule has 0 aliphatic heterocycles. The maximum absolute atomic E-state index is 7.60. The summed E-state index contributed by atoms with van der Waals surface area (Å²) in [6.07, 6.45) is 2.03. The van der Waals surface area contributed by atoms with Crippen molar-refractivity contribution in [2.75, 3.05) is 6.26 Å². The van der Waals surface area contributed by atoms with Gasteiger partial charge >= 0.3 is 0 Å². The highest BCUT2D eigenvalue weighted by Crippen LogP contribution is 2.29. The number of nitrogens with two attached hydrogens (primary N) is 1. The summed E-state index contributed by atoms with van der Waals surface area (Å²) >= 11 is 1.69. The van der Waals surface area contributed by atoms with Crippen molar-refractivity contribution < 1.29 is 4.74 Å². The molecule has 0 aliphatic rings. The molecule has 0 atom stereocenters. The van der Waals surface area contributed by atoms with E-state index in [2.05, 4.69) is 0 Å². The van der Waals surface area contributed by atoms with Crippen molar-refractivity contribution in [2.24, 2.45) is 5.73 Å². The van der Waals surface area contributed by atoms with Gasteiger partial charge in [0.15, 0.2) is 0 Å². The van der Waals surface area contributed by atoms with Gasteiger partial charge in [-0.15, -0.1) is 11.8 Å². The Bertz CT molecular complexity index is 594. The minimum absolute atomic E-state index is 0.0134. The fraction of sp³-hybridized carbons (Fsp3) is 0.133. The monoisotopic (exact) mass is 272 g/mol. The molecule has 0 bridgehead atoms. The lowest BCUT2D eigenvalue weighted by Crippen LogP contribution is -2.12. The van der Waals surface area contributed by atoms with E-state index in [9.17, 15) is 0 Å². The number of thioether (sulfide) groups is 1. The van der Waals surface area contributed by atoms with Gasteiger partial charge in [0.25, 0.3) is 0 Å². The number of ether oxygens (including phenoxy) is 1. The molecule has 4 heteroatoms. The lowest BCUT2D eigenvalue weighted by Gasteiger charge is -2.13. The first-order valence-corrected chi connectivity index (χ1v) is 7.10. The summed E-state index contributed by atoms with van der Waals surface area (Å²) in [5.74, 6) is 1.40. The lowest BCUT2D eigenvalue weighted by atomic mass is 10.1. The van der Waals surface area contributed by atoms with Crippen LogP contribution in [-0.4, -0.2) is 12.1 Å². The van der Waals surface area contributed by atoms with Gasteiger partial charge in [0.2, 0.25) is 0 Å².